The van der Waals surface area contributed by atoms with E-state index in [-0.39, 0.29) is 0 Å². The molecule has 2 nitrogen and oxygen atoms in total. The first-order chi connectivity index (χ1) is 16.5. The Kier molecular flexibility index (Phi) is 4.33. The Morgan fingerprint density at radius 2 is 1.59 bits per heavy atom. The molecule has 0 spiro atoms. The van der Waals surface area contributed by atoms with Crippen LogP contribution in [0.1, 0.15) is 29.7 Å². The third kappa shape index (κ3) is 2.99. The third-order valence-corrected chi connectivity index (χ3v) is 9.26. The molecule has 4 heteroatoms. The molecule has 0 saturated carbocycles. The van der Waals surface area contributed by atoms with Gasteiger partial charge in [0.1, 0.15) is 4.88 Å². The highest BCUT2D eigenvalue weighted by Gasteiger charge is 2.37. The second kappa shape index (κ2) is 7.33. The first kappa shape index (κ1) is 20.1. The summed E-state index contributed by atoms with van der Waals surface area (Å²) < 4.78 is 5.14. The molecule has 5 heterocycles. The lowest BCUT2D eigenvalue weighted by Gasteiger charge is -2.06. The van der Waals surface area contributed by atoms with Crippen molar-refractivity contribution < 1.29 is 4.57 Å². The van der Waals surface area contributed by atoms with Gasteiger partial charge in [-0.25, -0.2) is 0 Å². The standard InChI is InChI=1S/C30H23N2S2/c1-17-4-6-20-14-28(33-26(20)12-17)24-10-7-21(15-31-24)22-8-11-25-30-29(19(3)32(25)16-22)23-9-5-18(2)13-27(23)34-30/h4-16,19H,1-3H3/q+1. The van der Waals surface area contributed by atoms with Crippen LogP contribution in [-0.4, -0.2) is 4.98 Å². The number of aryl methyl sites for hydroxylation is 2. The van der Waals surface area contributed by atoms with E-state index in [2.05, 4.69) is 98.3 Å². The van der Waals surface area contributed by atoms with Crippen molar-refractivity contribution in [1.82, 2.24) is 4.98 Å². The van der Waals surface area contributed by atoms with Crippen LogP contribution in [0.25, 0.3) is 52.4 Å². The van der Waals surface area contributed by atoms with E-state index in [9.17, 15) is 0 Å². The maximum Gasteiger partial charge on any atom is 0.223 e. The second-order valence-corrected chi connectivity index (χ2v) is 11.5. The van der Waals surface area contributed by atoms with E-state index in [0.29, 0.717) is 6.04 Å². The molecule has 0 N–H and O–H groups in total. The Labute approximate surface area is 206 Å². The molecule has 0 radical (unpaired) electrons. The van der Waals surface area contributed by atoms with Crippen molar-refractivity contribution in [3.63, 3.8) is 0 Å². The van der Waals surface area contributed by atoms with Gasteiger partial charge in [-0.05, 0) is 60.7 Å². The van der Waals surface area contributed by atoms with Crippen LogP contribution in [0.5, 0.6) is 0 Å². The first-order valence-corrected chi connectivity index (χ1v) is 13.2. The van der Waals surface area contributed by atoms with Gasteiger partial charge >= 0.3 is 0 Å². The van der Waals surface area contributed by atoms with Crippen LogP contribution < -0.4 is 4.57 Å². The van der Waals surface area contributed by atoms with Crippen molar-refractivity contribution in [3.05, 3.63) is 95.8 Å². The molecule has 6 aromatic rings. The summed E-state index contributed by atoms with van der Waals surface area (Å²) in [6.07, 6.45) is 4.31. The second-order valence-electron chi connectivity index (χ2n) is 9.31. The average Bonchev–Trinajstić information content (AvgIpc) is 3.51. The highest BCUT2D eigenvalue weighted by molar-refractivity contribution is 7.22. The lowest BCUT2D eigenvalue weighted by molar-refractivity contribution is -0.693. The van der Waals surface area contributed by atoms with Crippen LogP contribution in [0.2, 0.25) is 0 Å². The summed E-state index contributed by atoms with van der Waals surface area (Å²) in [6.45, 7) is 6.63. The quantitative estimate of drug-likeness (QED) is 0.230. The molecule has 1 atom stereocenters. The number of nitrogens with zero attached hydrogens (tertiary/aromatic N) is 2. The Hall–Kier alpha value is -3.34. The lowest BCUT2D eigenvalue weighted by atomic mass is 10.1. The van der Waals surface area contributed by atoms with Gasteiger partial charge in [-0.15, -0.1) is 22.7 Å². The molecule has 4 aromatic heterocycles. The van der Waals surface area contributed by atoms with E-state index in [1.54, 1.807) is 0 Å². The van der Waals surface area contributed by atoms with Gasteiger partial charge in [0.2, 0.25) is 5.69 Å². The van der Waals surface area contributed by atoms with Crippen molar-refractivity contribution in [1.29, 1.82) is 0 Å². The zero-order chi connectivity index (χ0) is 23.0. The predicted octanol–water partition coefficient (Wildman–Crippen LogP) is 8.34. The van der Waals surface area contributed by atoms with Gasteiger partial charge in [0.05, 0.1) is 16.1 Å². The van der Waals surface area contributed by atoms with Crippen LogP contribution in [-0.2, 0) is 0 Å². The minimum absolute atomic E-state index is 0.329. The van der Waals surface area contributed by atoms with E-state index in [4.69, 9.17) is 4.98 Å². The van der Waals surface area contributed by atoms with Crippen LogP contribution in [0, 0.1) is 13.8 Å². The average molecular weight is 476 g/mol. The van der Waals surface area contributed by atoms with E-state index < -0.39 is 0 Å². The van der Waals surface area contributed by atoms with Crippen molar-refractivity contribution in [3.8, 4) is 32.3 Å². The summed E-state index contributed by atoms with van der Waals surface area (Å²) in [5.74, 6) is 0. The molecule has 7 rings (SSSR count). The van der Waals surface area contributed by atoms with Crippen LogP contribution in [0.4, 0.5) is 0 Å². The van der Waals surface area contributed by atoms with Gasteiger partial charge in [-0.2, -0.15) is 4.57 Å². The number of hydrogen-bond acceptors (Lipinski definition) is 3. The highest BCUT2D eigenvalue weighted by atomic mass is 32.1. The number of hydrogen-bond donors (Lipinski definition) is 0. The van der Waals surface area contributed by atoms with E-state index in [0.717, 1.165) is 11.3 Å². The number of thiophene rings is 2. The molecular weight excluding hydrogens is 452 g/mol. The largest absolute Gasteiger partial charge is 0.255 e. The van der Waals surface area contributed by atoms with Crippen molar-refractivity contribution in [2.75, 3.05) is 0 Å². The number of fused-ring (bicyclic) bond motifs is 6. The monoisotopic (exact) mass is 475 g/mol. The van der Waals surface area contributed by atoms with E-state index in [1.807, 2.05) is 28.9 Å². The Morgan fingerprint density at radius 1 is 0.794 bits per heavy atom. The molecule has 2 aromatic carbocycles. The molecule has 34 heavy (non-hydrogen) atoms. The summed E-state index contributed by atoms with van der Waals surface area (Å²) >= 11 is 3.73. The van der Waals surface area contributed by atoms with Crippen molar-refractivity contribution in [2.24, 2.45) is 0 Å². The number of aromatic nitrogens is 2. The Morgan fingerprint density at radius 3 is 2.41 bits per heavy atom. The fourth-order valence-electron chi connectivity index (χ4n) is 5.14. The summed E-state index contributed by atoms with van der Waals surface area (Å²) in [7, 11) is 0. The van der Waals surface area contributed by atoms with Gasteiger partial charge < -0.3 is 0 Å². The van der Waals surface area contributed by atoms with Gasteiger partial charge in [0, 0.05) is 45.1 Å². The minimum atomic E-state index is 0.329. The number of pyridine rings is 2. The summed E-state index contributed by atoms with van der Waals surface area (Å²) in [6, 6.07) is 24.9. The van der Waals surface area contributed by atoms with Crippen LogP contribution >= 0.6 is 22.7 Å². The molecule has 1 aliphatic rings. The molecular formula is C30H23N2S2+. The van der Waals surface area contributed by atoms with Crippen LogP contribution in [0.3, 0.4) is 0 Å². The third-order valence-electron chi connectivity index (χ3n) is 6.95. The lowest BCUT2D eigenvalue weighted by Crippen LogP contribution is -2.36. The topological polar surface area (TPSA) is 16.8 Å². The smallest absolute Gasteiger partial charge is 0.223 e. The van der Waals surface area contributed by atoms with Crippen molar-refractivity contribution in [2.45, 2.75) is 26.8 Å². The number of rotatable bonds is 2. The Balaban J connectivity index is 1.25. The van der Waals surface area contributed by atoms with E-state index >= 15 is 0 Å². The number of benzene rings is 2. The molecule has 1 unspecified atom stereocenters. The van der Waals surface area contributed by atoms with E-state index in [1.165, 1.54) is 57.9 Å². The maximum atomic E-state index is 4.84. The summed E-state index contributed by atoms with van der Waals surface area (Å²) in [4.78, 5) is 7.47. The maximum absolute atomic E-state index is 4.84. The van der Waals surface area contributed by atoms with Gasteiger partial charge in [0.15, 0.2) is 12.2 Å². The minimum Gasteiger partial charge on any atom is -0.255 e. The predicted molar refractivity (Wildman–Crippen MR) is 145 cm³/mol. The fourth-order valence-corrected chi connectivity index (χ4v) is 7.70. The molecule has 0 aliphatic carbocycles. The zero-order valence-electron chi connectivity index (χ0n) is 19.3. The molecule has 0 amide bonds. The highest BCUT2D eigenvalue weighted by Crippen LogP contribution is 2.45. The molecule has 0 fully saturated rings. The van der Waals surface area contributed by atoms with Gasteiger partial charge in [-0.1, -0.05) is 30.3 Å². The zero-order valence-corrected chi connectivity index (χ0v) is 20.9. The molecule has 1 aliphatic heterocycles. The van der Waals surface area contributed by atoms with Crippen molar-refractivity contribution >= 4 is 42.8 Å². The Bertz CT molecular complexity index is 1740. The van der Waals surface area contributed by atoms with Gasteiger partial charge in [-0.3, -0.25) is 4.98 Å². The normalized spacial score (nSPS) is 14.6. The van der Waals surface area contributed by atoms with Crippen LogP contribution in [0.15, 0.2) is 79.1 Å². The summed E-state index contributed by atoms with van der Waals surface area (Å²) in [5.41, 5.74) is 8.79. The fraction of sp³-hybridized carbons (Fsp3) is 0.133. The summed E-state index contributed by atoms with van der Waals surface area (Å²) in [5, 5.41) is 2.68. The SMILES string of the molecule is Cc1ccc2cc(-c3ccc(-c4ccc5[n+](c4)C(C)c4c-5sc5cc(C)ccc45)cn3)sc2c1. The first-order valence-electron chi connectivity index (χ1n) is 11.6. The molecule has 0 saturated heterocycles. The molecule has 164 valence electrons. The van der Waals surface area contributed by atoms with Gasteiger partial charge in [0.25, 0.3) is 0 Å². The molecule has 0 bridgehead atoms.